The third kappa shape index (κ3) is 6.04. The standard InChI is InChI=1S/C20H30N2O5S/c1-20(2,3)27-19(24)22-12-16(11-17(22)18(23)21(4)26-6)28-13-14-7-9-15(25-5)10-8-14/h7-10,16-17H,11-13H2,1-6H3/t16-,17+/m1/s1. The van der Waals surface area contributed by atoms with Crippen LogP contribution in [0.2, 0.25) is 0 Å². The molecule has 8 heteroatoms. The van der Waals surface area contributed by atoms with E-state index in [1.54, 1.807) is 25.9 Å². The zero-order valence-corrected chi connectivity index (χ0v) is 18.2. The number of thioether (sulfide) groups is 1. The molecule has 0 saturated carbocycles. The Kier molecular flexibility index (Phi) is 7.60. The highest BCUT2D eigenvalue weighted by atomic mass is 32.2. The van der Waals surface area contributed by atoms with E-state index in [2.05, 4.69) is 0 Å². The van der Waals surface area contributed by atoms with Crippen LogP contribution >= 0.6 is 11.8 Å². The molecule has 7 nitrogen and oxygen atoms in total. The number of carbonyl (C=O) groups excluding carboxylic acids is 2. The van der Waals surface area contributed by atoms with Crippen molar-refractivity contribution < 1.29 is 23.9 Å². The van der Waals surface area contributed by atoms with E-state index in [-0.39, 0.29) is 11.2 Å². The Bertz CT molecular complexity index is 674. The lowest BCUT2D eigenvalue weighted by molar-refractivity contribution is -0.173. The number of benzene rings is 1. The number of methoxy groups -OCH3 is 1. The van der Waals surface area contributed by atoms with Crippen molar-refractivity contribution in [3.05, 3.63) is 29.8 Å². The van der Waals surface area contributed by atoms with Gasteiger partial charge in [0.2, 0.25) is 0 Å². The van der Waals surface area contributed by atoms with Gasteiger partial charge in [-0.1, -0.05) is 12.1 Å². The number of rotatable bonds is 6. The predicted molar refractivity (Wildman–Crippen MR) is 109 cm³/mol. The van der Waals surface area contributed by atoms with Crippen LogP contribution in [0.1, 0.15) is 32.8 Å². The van der Waals surface area contributed by atoms with E-state index >= 15 is 0 Å². The smallest absolute Gasteiger partial charge is 0.411 e. The maximum Gasteiger partial charge on any atom is 0.411 e. The molecule has 1 aromatic carbocycles. The molecule has 2 rings (SSSR count). The Morgan fingerprint density at radius 3 is 2.39 bits per heavy atom. The molecule has 0 spiro atoms. The van der Waals surface area contributed by atoms with Crippen LogP contribution in [0.25, 0.3) is 0 Å². The fourth-order valence-electron chi connectivity index (χ4n) is 2.91. The first kappa shape index (κ1) is 22.4. The lowest BCUT2D eigenvalue weighted by atomic mass is 10.2. The number of hydrogen-bond donors (Lipinski definition) is 0. The minimum atomic E-state index is -0.619. The number of ether oxygens (including phenoxy) is 2. The summed E-state index contributed by atoms with van der Waals surface area (Å²) in [5.74, 6) is 1.36. The van der Waals surface area contributed by atoms with Gasteiger partial charge in [-0.3, -0.25) is 14.5 Å². The zero-order valence-electron chi connectivity index (χ0n) is 17.4. The minimum Gasteiger partial charge on any atom is -0.497 e. The van der Waals surface area contributed by atoms with Gasteiger partial charge in [0.15, 0.2) is 0 Å². The van der Waals surface area contributed by atoms with E-state index in [9.17, 15) is 9.59 Å². The van der Waals surface area contributed by atoms with Crippen molar-refractivity contribution in [1.82, 2.24) is 9.96 Å². The highest BCUT2D eigenvalue weighted by molar-refractivity contribution is 7.99. The summed E-state index contributed by atoms with van der Waals surface area (Å²) in [6, 6.07) is 7.31. The first-order chi connectivity index (χ1) is 13.1. The second kappa shape index (κ2) is 9.52. The monoisotopic (exact) mass is 410 g/mol. The number of nitrogens with zero attached hydrogens (tertiary/aromatic N) is 2. The van der Waals surface area contributed by atoms with Crippen molar-refractivity contribution in [2.24, 2.45) is 0 Å². The molecule has 1 aromatic rings. The van der Waals surface area contributed by atoms with Crippen molar-refractivity contribution >= 4 is 23.8 Å². The Morgan fingerprint density at radius 1 is 1.21 bits per heavy atom. The van der Waals surface area contributed by atoms with Gasteiger partial charge in [-0.25, -0.2) is 9.86 Å². The van der Waals surface area contributed by atoms with Gasteiger partial charge >= 0.3 is 6.09 Å². The molecule has 156 valence electrons. The van der Waals surface area contributed by atoms with Crippen LogP contribution in [0, 0.1) is 0 Å². The second-order valence-corrected chi connectivity index (χ2v) is 8.97. The third-order valence-electron chi connectivity index (χ3n) is 4.40. The summed E-state index contributed by atoms with van der Waals surface area (Å²) in [6.45, 7) is 5.91. The van der Waals surface area contributed by atoms with Crippen molar-refractivity contribution in [1.29, 1.82) is 0 Å². The SMILES string of the molecule is COc1ccc(CS[C@@H]2C[C@@H](C(=O)N(C)OC)N(C(=O)OC(C)(C)C)C2)cc1. The molecule has 28 heavy (non-hydrogen) atoms. The van der Waals surface area contributed by atoms with Crippen molar-refractivity contribution in [2.75, 3.05) is 27.8 Å². The van der Waals surface area contributed by atoms with E-state index < -0.39 is 17.7 Å². The summed E-state index contributed by atoms with van der Waals surface area (Å²) in [6.07, 6.45) is 0.0926. The molecule has 1 heterocycles. The van der Waals surface area contributed by atoms with Gasteiger partial charge in [0, 0.05) is 24.6 Å². The molecule has 2 amide bonds. The lowest BCUT2D eigenvalue weighted by Crippen LogP contribution is -2.47. The van der Waals surface area contributed by atoms with Crippen molar-refractivity contribution in [3.63, 3.8) is 0 Å². The number of carbonyl (C=O) groups is 2. The minimum absolute atomic E-state index is 0.133. The molecule has 1 aliphatic heterocycles. The number of amides is 2. The van der Waals surface area contributed by atoms with E-state index in [1.165, 1.54) is 22.6 Å². The van der Waals surface area contributed by atoms with E-state index in [1.807, 2.05) is 45.0 Å². The van der Waals surface area contributed by atoms with Crippen LogP contribution in [-0.4, -0.2) is 66.7 Å². The quantitative estimate of drug-likeness (QED) is 0.670. The molecule has 0 N–H and O–H groups in total. The first-order valence-corrected chi connectivity index (χ1v) is 10.3. The highest BCUT2D eigenvalue weighted by Gasteiger charge is 2.42. The number of hydrogen-bond acceptors (Lipinski definition) is 6. The van der Waals surface area contributed by atoms with Crippen LogP contribution < -0.4 is 4.74 Å². The van der Waals surface area contributed by atoms with Crippen LogP contribution in [-0.2, 0) is 20.1 Å². The predicted octanol–water partition coefficient (Wildman–Crippen LogP) is 3.33. The second-order valence-electron chi connectivity index (χ2n) is 7.68. The summed E-state index contributed by atoms with van der Waals surface area (Å²) in [5.41, 5.74) is 0.546. The number of likely N-dealkylation sites (tertiary alicyclic amines) is 1. The fraction of sp³-hybridized carbons (Fsp3) is 0.600. The molecule has 0 radical (unpaired) electrons. The molecular formula is C20H30N2O5S. The molecule has 0 unspecified atom stereocenters. The topological polar surface area (TPSA) is 68.3 Å². The highest BCUT2D eigenvalue weighted by Crippen LogP contribution is 2.32. The van der Waals surface area contributed by atoms with E-state index in [0.29, 0.717) is 13.0 Å². The third-order valence-corrected chi connectivity index (χ3v) is 5.72. The van der Waals surface area contributed by atoms with Gasteiger partial charge in [-0.15, -0.1) is 0 Å². The van der Waals surface area contributed by atoms with Gasteiger partial charge in [-0.05, 0) is 44.9 Å². The maximum absolute atomic E-state index is 12.7. The molecule has 0 bridgehead atoms. The summed E-state index contributed by atoms with van der Waals surface area (Å²) in [7, 11) is 4.62. The molecule has 1 aliphatic rings. The average molecular weight is 411 g/mol. The summed E-state index contributed by atoms with van der Waals surface area (Å²) in [5, 5.41) is 1.30. The summed E-state index contributed by atoms with van der Waals surface area (Å²) in [4.78, 5) is 31.9. The fourth-order valence-corrected chi connectivity index (χ4v) is 4.12. The normalized spacial score (nSPS) is 19.4. The zero-order chi connectivity index (χ0) is 20.9. The van der Waals surface area contributed by atoms with Crippen LogP contribution in [0.5, 0.6) is 5.75 Å². The van der Waals surface area contributed by atoms with Gasteiger partial charge in [0.05, 0.1) is 14.2 Å². The van der Waals surface area contributed by atoms with Crippen molar-refractivity contribution in [2.45, 2.75) is 49.8 Å². The van der Waals surface area contributed by atoms with Gasteiger partial charge < -0.3 is 9.47 Å². The van der Waals surface area contributed by atoms with Crippen molar-refractivity contribution in [3.8, 4) is 5.75 Å². The van der Waals surface area contributed by atoms with E-state index in [0.717, 1.165) is 11.5 Å². The Balaban J connectivity index is 2.05. The Morgan fingerprint density at radius 2 is 1.86 bits per heavy atom. The molecule has 2 atom stereocenters. The van der Waals surface area contributed by atoms with Gasteiger partial charge in [-0.2, -0.15) is 11.8 Å². The van der Waals surface area contributed by atoms with Crippen LogP contribution in [0.15, 0.2) is 24.3 Å². The van der Waals surface area contributed by atoms with E-state index in [4.69, 9.17) is 14.3 Å². The maximum atomic E-state index is 12.7. The molecular weight excluding hydrogens is 380 g/mol. The molecule has 1 saturated heterocycles. The van der Waals surface area contributed by atoms with Gasteiger partial charge in [0.1, 0.15) is 17.4 Å². The largest absolute Gasteiger partial charge is 0.497 e. The van der Waals surface area contributed by atoms with Crippen LogP contribution in [0.4, 0.5) is 4.79 Å². The molecule has 0 aliphatic carbocycles. The number of likely N-dealkylation sites (N-methyl/N-ethyl adjacent to an activating group) is 1. The lowest BCUT2D eigenvalue weighted by Gasteiger charge is -2.29. The first-order valence-electron chi connectivity index (χ1n) is 9.20. The molecule has 0 aromatic heterocycles. The summed E-state index contributed by atoms with van der Waals surface area (Å²) >= 11 is 1.73. The van der Waals surface area contributed by atoms with Gasteiger partial charge in [0.25, 0.3) is 5.91 Å². The summed E-state index contributed by atoms with van der Waals surface area (Å²) < 4.78 is 10.7. The Hall–Kier alpha value is -1.93. The number of hydroxylamine groups is 2. The van der Waals surface area contributed by atoms with Crippen LogP contribution in [0.3, 0.4) is 0 Å². The average Bonchev–Trinajstić information content (AvgIpc) is 3.08. The Labute approximate surface area is 171 Å². The molecule has 1 fully saturated rings.